The summed E-state index contributed by atoms with van der Waals surface area (Å²) in [7, 11) is 0. The van der Waals surface area contributed by atoms with Crippen LogP contribution in [0.3, 0.4) is 0 Å². The van der Waals surface area contributed by atoms with Gasteiger partial charge in [-0.3, -0.25) is 0 Å². The Balaban J connectivity index is 0.917. The molecule has 0 fully saturated rings. The maximum Gasteiger partial charge on any atom is 0.0541 e. The number of benzene rings is 11. The van der Waals surface area contributed by atoms with Gasteiger partial charge in [0.25, 0.3) is 0 Å². The topological polar surface area (TPSA) is 8.17 Å². The lowest BCUT2D eigenvalue weighted by Gasteiger charge is -2.26. The highest BCUT2D eigenvalue weighted by molar-refractivity contribution is 7.27. The van der Waals surface area contributed by atoms with Gasteiger partial charge in [-0.25, -0.2) is 0 Å². The molecule has 0 saturated carbocycles. The summed E-state index contributed by atoms with van der Waals surface area (Å²) in [6, 6.07) is 88.8. The van der Waals surface area contributed by atoms with Crippen molar-refractivity contribution in [2.75, 3.05) is 4.90 Å². The second kappa shape index (κ2) is 15.2. The third-order valence-corrected chi connectivity index (χ3v) is 14.5. The molecule has 0 radical (unpaired) electrons. The maximum absolute atomic E-state index is 2.42. The monoisotopic (exact) mass is 844 g/mol. The number of rotatable bonds is 7. The Labute approximate surface area is 381 Å². The molecule has 304 valence electrons. The van der Waals surface area contributed by atoms with Gasteiger partial charge in [0.15, 0.2) is 0 Å². The number of fused-ring (bicyclic) bond motifs is 9. The average Bonchev–Trinajstić information content (AvgIpc) is 3.94. The van der Waals surface area contributed by atoms with Gasteiger partial charge in [-0.2, -0.15) is 0 Å². The van der Waals surface area contributed by atoms with Crippen LogP contribution in [0.25, 0.3) is 103 Å². The molecular formula is C62H40N2S. The van der Waals surface area contributed by atoms with Crippen molar-refractivity contribution >= 4 is 91.9 Å². The summed E-state index contributed by atoms with van der Waals surface area (Å²) in [6.45, 7) is 0. The smallest absolute Gasteiger partial charge is 0.0541 e. The Hall–Kier alpha value is -8.24. The fourth-order valence-corrected chi connectivity index (χ4v) is 11.5. The number of anilines is 3. The van der Waals surface area contributed by atoms with Crippen LogP contribution in [0.4, 0.5) is 17.1 Å². The van der Waals surface area contributed by atoms with E-state index in [4.69, 9.17) is 0 Å². The number of hydrogen-bond donors (Lipinski definition) is 0. The molecule has 0 aliphatic rings. The molecule has 0 aliphatic heterocycles. The number of para-hydroxylation sites is 3. The van der Waals surface area contributed by atoms with Gasteiger partial charge in [-0.1, -0.05) is 188 Å². The van der Waals surface area contributed by atoms with Crippen LogP contribution >= 0.6 is 11.3 Å². The zero-order valence-electron chi connectivity index (χ0n) is 35.4. The minimum Gasteiger partial charge on any atom is -0.311 e. The molecule has 13 aromatic rings. The van der Waals surface area contributed by atoms with Gasteiger partial charge in [0.2, 0.25) is 0 Å². The molecule has 0 atom stereocenters. The van der Waals surface area contributed by atoms with Crippen molar-refractivity contribution in [1.82, 2.24) is 4.57 Å². The lowest BCUT2D eigenvalue weighted by atomic mass is 9.98. The van der Waals surface area contributed by atoms with E-state index < -0.39 is 0 Å². The number of nitrogens with zero attached hydrogens (tertiary/aromatic N) is 2. The van der Waals surface area contributed by atoms with E-state index in [1.807, 2.05) is 11.3 Å². The van der Waals surface area contributed by atoms with E-state index >= 15 is 0 Å². The highest BCUT2D eigenvalue weighted by atomic mass is 32.1. The Morgan fingerprint density at radius 3 is 1.37 bits per heavy atom. The van der Waals surface area contributed by atoms with Crippen LogP contribution < -0.4 is 4.90 Å². The first-order valence-corrected chi connectivity index (χ1v) is 23.1. The van der Waals surface area contributed by atoms with Crippen LogP contribution in [0.15, 0.2) is 243 Å². The molecule has 11 aromatic carbocycles. The van der Waals surface area contributed by atoms with Gasteiger partial charge in [0, 0.05) is 53.6 Å². The Bertz CT molecular complexity index is 3870. The minimum absolute atomic E-state index is 1.09. The molecule has 3 heteroatoms. The summed E-state index contributed by atoms with van der Waals surface area (Å²) in [6.07, 6.45) is 0. The molecule has 0 bridgehead atoms. The molecule has 13 rings (SSSR count). The molecule has 65 heavy (non-hydrogen) atoms. The first-order chi connectivity index (χ1) is 32.2. The zero-order chi connectivity index (χ0) is 42.8. The van der Waals surface area contributed by atoms with E-state index in [0.29, 0.717) is 0 Å². The minimum atomic E-state index is 1.09. The van der Waals surface area contributed by atoms with E-state index in [0.717, 1.165) is 28.3 Å². The van der Waals surface area contributed by atoms with Crippen molar-refractivity contribution in [3.05, 3.63) is 243 Å². The van der Waals surface area contributed by atoms with Crippen molar-refractivity contribution in [2.24, 2.45) is 0 Å². The maximum atomic E-state index is 2.42. The summed E-state index contributed by atoms with van der Waals surface area (Å²) in [5.41, 5.74) is 14.1. The predicted molar refractivity (Wildman–Crippen MR) is 280 cm³/mol. The summed E-state index contributed by atoms with van der Waals surface area (Å²) in [5, 5.41) is 10.3. The van der Waals surface area contributed by atoms with E-state index in [1.54, 1.807) is 0 Å². The summed E-state index contributed by atoms with van der Waals surface area (Å²) in [5.74, 6) is 0. The van der Waals surface area contributed by atoms with Gasteiger partial charge >= 0.3 is 0 Å². The average molecular weight is 845 g/mol. The quantitative estimate of drug-likeness (QED) is 0.155. The molecule has 0 N–H and O–H groups in total. The third-order valence-electron chi connectivity index (χ3n) is 13.2. The molecule has 0 amide bonds. The molecule has 0 saturated heterocycles. The van der Waals surface area contributed by atoms with Gasteiger partial charge in [0.1, 0.15) is 0 Å². The largest absolute Gasteiger partial charge is 0.311 e. The molecule has 2 aromatic heterocycles. The normalized spacial score (nSPS) is 11.7. The third kappa shape index (κ3) is 6.16. The van der Waals surface area contributed by atoms with Crippen LogP contribution in [0.2, 0.25) is 0 Å². The second-order valence-corrected chi connectivity index (χ2v) is 17.9. The van der Waals surface area contributed by atoms with Crippen molar-refractivity contribution in [3.8, 4) is 39.1 Å². The Morgan fingerprint density at radius 2 is 0.708 bits per heavy atom. The highest BCUT2D eigenvalue weighted by Crippen LogP contribution is 2.45. The lowest BCUT2D eigenvalue weighted by molar-refractivity contribution is 1.18. The van der Waals surface area contributed by atoms with Crippen LogP contribution in [0.1, 0.15) is 0 Å². The van der Waals surface area contributed by atoms with Crippen LogP contribution in [0, 0.1) is 0 Å². The second-order valence-electron chi connectivity index (χ2n) is 16.8. The number of hydrogen-bond acceptors (Lipinski definition) is 2. The van der Waals surface area contributed by atoms with E-state index in [2.05, 4.69) is 252 Å². The lowest BCUT2D eigenvalue weighted by Crippen LogP contribution is -2.09. The molecule has 0 spiro atoms. The van der Waals surface area contributed by atoms with Gasteiger partial charge in [0.05, 0.1) is 16.7 Å². The number of thiophene rings is 1. The first-order valence-electron chi connectivity index (χ1n) is 22.2. The van der Waals surface area contributed by atoms with Crippen LogP contribution in [-0.2, 0) is 0 Å². The van der Waals surface area contributed by atoms with Crippen LogP contribution in [-0.4, -0.2) is 4.57 Å². The SMILES string of the molecule is c1ccc(-n2c3ccccc3c3ccccc32)c(-c2ccc(N(c3ccc(-c4cccc5ccccc45)cc3)c3ccc(-c4cccc5c4sc4c6ccccc6ccc54)cc3)cc2)c1. The van der Waals surface area contributed by atoms with Crippen LogP contribution in [0.5, 0.6) is 0 Å². The van der Waals surface area contributed by atoms with Gasteiger partial charge in [-0.15, -0.1) is 11.3 Å². The summed E-state index contributed by atoms with van der Waals surface area (Å²) >= 11 is 1.91. The molecular weight excluding hydrogens is 805 g/mol. The van der Waals surface area contributed by atoms with Gasteiger partial charge in [-0.05, 0) is 104 Å². The molecule has 0 aliphatic carbocycles. The van der Waals surface area contributed by atoms with Crippen molar-refractivity contribution < 1.29 is 0 Å². The van der Waals surface area contributed by atoms with E-state index in [1.165, 1.54) is 91.3 Å². The fourth-order valence-electron chi connectivity index (χ4n) is 10.1. The summed E-state index contributed by atoms with van der Waals surface area (Å²) in [4.78, 5) is 2.38. The standard InChI is InChI=1S/C62H40N2S/c1-3-16-49-41(13-1)15-11-21-50(49)43-27-34-46(35-28-43)63(48-38-31-45(32-39-48)53-22-12-23-56-57-40-33-42-14-2-4-18-52(42)62(57)65-61(53)56)47-36-29-44(30-37-47)51-17-5-8-24-58(51)64-59-25-9-6-19-54(59)55-20-7-10-26-60(55)64/h1-40H. The number of aromatic nitrogens is 1. The molecule has 2 heterocycles. The highest BCUT2D eigenvalue weighted by Gasteiger charge is 2.19. The fraction of sp³-hybridized carbons (Fsp3) is 0. The zero-order valence-corrected chi connectivity index (χ0v) is 36.2. The molecule has 0 unspecified atom stereocenters. The first kappa shape index (κ1) is 37.3. The van der Waals surface area contributed by atoms with E-state index in [-0.39, 0.29) is 0 Å². The Morgan fingerprint density at radius 1 is 0.277 bits per heavy atom. The van der Waals surface area contributed by atoms with Gasteiger partial charge < -0.3 is 9.47 Å². The Kier molecular flexibility index (Phi) is 8.75. The summed E-state index contributed by atoms with van der Waals surface area (Å²) < 4.78 is 5.09. The van der Waals surface area contributed by atoms with Crippen molar-refractivity contribution in [1.29, 1.82) is 0 Å². The van der Waals surface area contributed by atoms with Crippen molar-refractivity contribution in [2.45, 2.75) is 0 Å². The molecule has 2 nitrogen and oxygen atoms in total. The van der Waals surface area contributed by atoms with E-state index in [9.17, 15) is 0 Å². The predicted octanol–water partition coefficient (Wildman–Crippen LogP) is 17.9. The van der Waals surface area contributed by atoms with Crippen molar-refractivity contribution in [3.63, 3.8) is 0 Å².